The molecule has 0 aliphatic heterocycles. The molecule has 0 aromatic heterocycles. The molecule has 2 aliphatic carbocycles. The number of hydrogen-bond donors (Lipinski definition) is 0. The molecule has 8 aromatic carbocycles. The Bertz CT molecular complexity index is 3770. The maximum absolute atomic E-state index is 16.8. The number of allylic oxidation sites excluding steroid dienone is 13. The van der Waals surface area contributed by atoms with Crippen molar-refractivity contribution >= 4 is 86.3 Å². The Balaban J connectivity index is 0.00000324. The average molecular weight is 1010 g/mol. The van der Waals surface area contributed by atoms with E-state index in [4.69, 9.17) is 0 Å². The highest BCUT2D eigenvalue weighted by molar-refractivity contribution is 7.83. The van der Waals surface area contributed by atoms with E-state index in [0.717, 1.165) is 87.3 Å². The summed E-state index contributed by atoms with van der Waals surface area (Å²) >= 11 is 0. The average Bonchev–Trinajstić information content (AvgIpc) is 3.86. The van der Waals surface area contributed by atoms with Crippen LogP contribution in [0.2, 0.25) is 0 Å². The van der Waals surface area contributed by atoms with Gasteiger partial charge >= 0.3 is 0 Å². The summed E-state index contributed by atoms with van der Waals surface area (Å²) in [6, 6.07) is 55.5. The molecular weight excluding hydrogens is 946 g/mol. The highest BCUT2D eigenvalue weighted by atomic mass is 31.2. The summed E-state index contributed by atoms with van der Waals surface area (Å²) in [5.74, 6) is 0.290. The van der Waals surface area contributed by atoms with Crippen LogP contribution in [-0.4, -0.2) is 0 Å². The monoisotopic (exact) mass is 1010 g/mol. The van der Waals surface area contributed by atoms with Crippen molar-refractivity contribution in [1.82, 2.24) is 0 Å². The third kappa shape index (κ3) is 9.70. The summed E-state index contributed by atoms with van der Waals surface area (Å²) in [5, 5.41) is 12.9. The van der Waals surface area contributed by atoms with Crippen LogP contribution in [-0.2, 0) is 13.7 Å². The second-order valence-corrected chi connectivity index (χ2v) is 27.5. The molecule has 73 heavy (non-hydrogen) atoms. The Morgan fingerprint density at radius 1 is 0.493 bits per heavy atom. The van der Waals surface area contributed by atoms with Gasteiger partial charge in [-0.2, -0.15) is 0 Å². The number of fused-ring (bicyclic) bond motifs is 3. The summed E-state index contributed by atoms with van der Waals surface area (Å²) < 4.78 is 49.7. The fourth-order valence-electron chi connectivity index (χ4n) is 10.4. The molecule has 0 bridgehead atoms. The molecule has 2 aliphatic rings. The van der Waals surface area contributed by atoms with Crippen LogP contribution < -0.4 is 26.5 Å². The topological polar surface area (TPSA) is 51.2 Å². The first-order valence-corrected chi connectivity index (χ1v) is 30.2. The zero-order valence-corrected chi connectivity index (χ0v) is 45.0. The third-order valence-corrected chi connectivity index (χ3v) is 23.6. The number of terminal acetylenes is 1. The number of rotatable bonds is 12. The molecule has 0 saturated heterocycles. The molecule has 8 aromatic rings. The SMILES string of the molecule is C#C.CC/C=C\c1cc(P(=O)(C2=CCC=C(P(=O)(C3=CC=C(P(=O)(c4ccc5ccccc5c4)c4ccc5ccccc5c4)CC=C3)c3ccc(C(C)C)c(C)c3)C=C2)c2ccc3ccccc3c2)ccc1C. The Hall–Kier alpha value is -7.03. The second kappa shape index (κ2) is 21.6. The molecule has 2 unspecified atom stereocenters. The van der Waals surface area contributed by atoms with Crippen LogP contribution in [0.4, 0.5) is 0 Å². The van der Waals surface area contributed by atoms with Crippen LogP contribution in [0.25, 0.3) is 38.4 Å². The molecule has 2 atom stereocenters. The smallest absolute Gasteiger partial charge is 0.170 e. The van der Waals surface area contributed by atoms with Gasteiger partial charge in [0.25, 0.3) is 0 Å². The predicted octanol–water partition coefficient (Wildman–Crippen LogP) is 17.0. The molecule has 0 radical (unpaired) electrons. The fourth-order valence-corrected chi connectivity index (χ4v) is 18.7. The standard InChI is InChI=1S/C65H59O3P3.C2H2/c1-6-7-16-52-42-61(31-27-47(52)4)70(67,62-32-28-49-17-8-11-20-53(49)43-62)58-25-14-23-56(35-37-58)69(66,60-39-40-65(46(2)3)48(5)41-60)57-24-15-26-59(38-36-57)71(68,63-33-29-50-18-9-12-21-54(50)44-63)64-34-30-51-19-10-13-22-55(51)45-64;1-2/h7-13,15-25,27-46H,6,14,26H2,1-5H3;1-2H/b16-7-;. The van der Waals surface area contributed by atoms with Gasteiger partial charge in [-0.3, -0.25) is 0 Å². The number of hydrogen-bond acceptors (Lipinski definition) is 3. The van der Waals surface area contributed by atoms with Crippen molar-refractivity contribution in [3.8, 4) is 12.8 Å². The van der Waals surface area contributed by atoms with Gasteiger partial charge in [-0.1, -0.05) is 215 Å². The molecule has 0 saturated carbocycles. The Morgan fingerprint density at radius 2 is 0.959 bits per heavy atom. The van der Waals surface area contributed by atoms with Gasteiger partial charge in [-0.05, 0) is 124 Å². The maximum Gasteiger partial charge on any atom is 0.170 e. The highest BCUT2D eigenvalue weighted by Gasteiger charge is 2.37. The van der Waals surface area contributed by atoms with Crippen molar-refractivity contribution in [3.05, 3.63) is 262 Å². The van der Waals surface area contributed by atoms with Crippen LogP contribution in [0, 0.1) is 26.7 Å². The molecule has 362 valence electrons. The molecule has 0 spiro atoms. The van der Waals surface area contributed by atoms with Gasteiger partial charge in [0.05, 0.1) is 0 Å². The lowest BCUT2D eigenvalue weighted by atomic mass is 9.98. The van der Waals surface area contributed by atoms with E-state index < -0.39 is 21.4 Å². The Labute approximate surface area is 432 Å². The molecule has 0 N–H and O–H groups in total. The van der Waals surface area contributed by atoms with E-state index in [-0.39, 0.29) is 5.92 Å². The van der Waals surface area contributed by atoms with Gasteiger partial charge in [0.1, 0.15) is 0 Å². The zero-order chi connectivity index (χ0) is 51.3. The normalized spacial score (nSPS) is 15.6. The molecule has 10 rings (SSSR count). The quantitative estimate of drug-likeness (QED) is 0.0905. The zero-order valence-electron chi connectivity index (χ0n) is 42.3. The van der Waals surface area contributed by atoms with E-state index in [1.807, 2.05) is 103 Å². The Kier molecular flexibility index (Phi) is 15.1. The molecule has 3 nitrogen and oxygen atoms in total. The van der Waals surface area contributed by atoms with Crippen LogP contribution in [0.1, 0.15) is 68.2 Å². The molecule has 6 heteroatoms. The van der Waals surface area contributed by atoms with Crippen molar-refractivity contribution < 1.29 is 13.7 Å². The van der Waals surface area contributed by atoms with Crippen molar-refractivity contribution in [2.24, 2.45) is 0 Å². The van der Waals surface area contributed by atoms with Crippen LogP contribution in [0.15, 0.2) is 240 Å². The predicted molar refractivity (Wildman–Crippen MR) is 318 cm³/mol. The lowest BCUT2D eigenvalue weighted by Gasteiger charge is -2.24. The minimum absolute atomic E-state index is 0.290. The first kappa shape index (κ1) is 50.9. The largest absolute Gasteiger partial charge is 0.309 e. The first-order valence-electron chi connectivity index (χ1n) is 25.1. The van der Waals surface area contributed by atoms with Crippen molar-refractivity contribution in [3.63, 3.8) is 0 Å². The van der Waals surface area contributed by atoms with E-state index in [0.29, 0.717) is 28.8 Å². The maximum atomic E-state index is 16.8. The lowest BCUT2D eigenvalue weighted by molar-refractivity contribution is 0.589. The van der Waals surface area contributed by atoms with Gasteiger partial charge in [0.15, 0.2) is 21.4 Å². The summed E-state index contributed by atoms with van der Waals surface area (Å²) in [6.45, 7) is 10.7. The molecule has 0 fully saturated rings. The fraction of sp³-hybridized carbons (Fsp3) is 0.134. The molecule has 0 heterocycles. The van der Waals surface area contributed by atoms with Gasteiger partial charge in [0.2, 0.25) is 0 Å². The van der Waals surface area contributed by atoms with E-state index in [2.05, 4.69) is 169 Å². The summed E-state index contributed by atoms with van der Waals surface area (Å²) in [6.07, 6.45) is 30.0. The van der Waals surface area contributed by atoms with E-state index in [9.17, 15) is 0 Å². The van der Waals surface area contributed by atoms with E-state index >= 15 is 13.7 Å². The summed E-state index contributed by atoms with van der Waals surface area (Å²) in [5.41, 5.74) is 4.44. The number of benzene rings is 8. The second-order valence-electron chi connectivity index (χ2n) is 19.2. The summed E-state index contributed by atoms with van der Waals surface area (Å²) in [7, 11) is -10.6. The minimum atomic E-state index is -3.64. The third-order valence-electron chi connectivity index (χ3n) is 14.3. The number of aryl methyl sites for hydroxylation is 2. The van der Waals surface area contributed by atoms with Gasteiger partial charge in [-0.15, -0.1) is 12.8 Å². The Morgan fingerprint density at radius 3 is 1.48 bits per heavy atom. The van der Waals surface area contributed by atoms with Gasteiger partial charge in [-0.25, -0.2) is 0 Å². The summed E-state index contributed by atoms with van der Waals surface area (Å²) in [4.78, 5) is 0. The van der Waals surface area contributed by atoms with Gasteiger partial charge in [0, 0.05) is 47.8 Å². The first-order chi connectivity index (χ1) is 35.4. The van der Waals surface area contributed by atoms with Crippen LogP contribution in [0.3, 0.4) is 0 Å². The van der Waals surface area contributed by atoms with Crippen molar-refractivity contribution in [1.29, 1.82) is 0 Å². The van der Waals surface area contributed by atoms with Gasteiger partial charge < -0.3 is 13.7 Å². The minimum Gasteiger partial charge on any atom is -0.309 e. The molecule has 0 amide bonds. The lowest BCUT2D eigenvalue weighted by Crippen LogP contribution is -2.18. The van der Waals surface area contributed by atoms with Crippen molar-refractivity contribution in [2.45, 2.75) is 59.8 Å². The van der Waals surface area contributed by atoms with Crippen molar-refractivity contribution in [2.75, 3.05) is 0 Å². The van der Waals surface area contributed by atoms with E-state index in [1.54, 1.807) is 0 Å². The highest BCUT2D eigenvalue weighted by Crippen LogP contribution is 2.64. The molecular formula is C67H61O3P3. The van der Waals surface area contributed by atoms with Crippen LogP contribution >= 0.6 is 21.4 Å². The van der Waals surface area contributed by atoms with Crippen LogP contribution in [0.5, 0.6) is 0 Å². The van der Waals surface area contributed by atoms with E-state index in [1.165, 1.54) is 5.56 Å².